The molecule has 1 aromatic carbocycles. The quantitative estimate of drug-likeness (QED) is 0.444. The van der Waals surface area contributed by atoms with Gasteiger partial charge >= 0.3 is 0 Å². The monoisotopic (exact) mass is 331 g/mol. The van der Waals surface area contributed by atoms with Gasteiger partial charge in [-0.2, -0.15) is 11.8 Å². The predicted molar refractivity (Wildman–Crippen MR) is 99.4 cm³/mol. The first-order valence-corrected chi connectivity index (χ1v) is 9.24. The molecule has 1 aromatic heterocycles. The number of para-hydroxylation sites is 1. The molecule has 124 valence electrons. The minimum absolute atomic E-state index is 0.721. The molecular formula is C17H25N5S. The van der Waals surface area contributed by atoms with E-state index in [-0.39, 0.29) is 0 Å². The zero-order valence-corrected chi connectivity index (χ0v) is 14.6. The maximum Gasteiger partial charge on any atom is 0.191 e. The molecule has 0 aliphatic heterocycles. The molecule has 0 saturated heterocycles. The topological polar surface area (TPSA) is 54.2 Å². The Morgan fingerprint density at radius 3 is 2.87 bits per heavy atom. The van der Waals surface area contributed by atoms with E-state index in [0.29, 0.717) is 0 Å². The van der Waals surface area contributed by atoms with E-state index in [1.54, 1.807) is 13.2 Å². The van der Waals surface area contributed by atoms with Gasteiger partial charge in [0, 0.05) is 32.5 Å². The Kier molecular flexibility index (Phi) is 7.52. The van der Waals surface area contributed by atoms with Gasteiger partial charge in [0.1, 0.15) is 0 Å². The van der Waals surface area contributed by atoms with Crippen molar-refractivity contribution in [3.8, 4) is 5.69 Å². The van der Waals surface area contributed by atoms with E-state index in [0.717, 1.165) is 31.2 Å². The first-order valence-electron chi connectivity index (χ1n) is 7.85. The van der Waals surface area contributed by atoms with Crippen LogP contribution in [0.2, 0.25) is 0 Å². The van der Waals surface area contributed by atoms with Gasteiger partial charge in [-0.15, -0.1) is 0 Å². The smallest absolute Gasteiger partial charge is 0.191 e. The summed E-state index contributed by atoms with van der Waals surface area (Å²) in [4.78, 5) is 8.40. The Labute approximate surface area is 142 Å². The van der Waals surface area contributed by atoms with E-state index in [1.807, 2.05) is 34.9 Å². The van der Waals surface area contributed by atoms with E-state index in [1.165, 1.54) is 17.7 Å². The Hall–Kier alpha value is -1.95. The number of rotatable bonds is 8. The molecule has 23 heavy (non-hydrogen) atoms. The van der Waals surface area contributed by atoms with Crippen molar-refractivity contribution < 1.29 is 0 Å². The maximum absolute atomic E-state index is 4.28. The van der Waals surface area contributed by atoms with Crippen molar-refractivity contribution in [2.75, 3.05) is 25.6 Å². The number of hydrogen-bond donors (Lipinski definition) is 2. The number of guanidine groups is 1. The first kappa shape index (κ1) is 17.4. The number of nitrogens with one attached hydrogen (secondary N) is 2. The summed E-state index contributed by atoms with van der Waals surface area (Å²) in [5, 5.41) is 6.74. The number of aromatic nitrogens is 2. The van der Waals surface area contributed by atoms with Crippen LogP contribution in [-0.4, -0.2) is 41.1 Å². The van der Waals surface area contributed by atoms with Gasteiger partial charge in [0.05, 0.1) is 12.0 Å². The van der Waals surface area contributed by atoms with Crippen molar-refractivity contribution in [2.45, 2.75) is 19.4 Å². The molecular weight excluding hydrogens is 306 g/mol. The van der Waals surface area contributed by atoms with E-state index < -0.39 is 0 Å². The number of aliphatic imine (C=N–C) groups is 1. The van der Waals surface area contributed by atoms with Crippen molar-refractivity contribution in [3.05, 3.63) is 48.5 Å². The van der Waals surface area contributed by atoms with Crippen LogP contribution in [0.15, 0.2) is 48.0 Å². The van der Waals surface area contributed by atoms with Gasteiger partial charge in [0.2, 0.25) is 0 Å². The number of thioether (sulfide) groups is 1. The van der Waals surface area contributed by atoms with E-state index in [9.17, 15) is 0 Å². The van der Waals surface area contributed by atoms with Gasteiger partial charge in [-0.05, 0) is 36.5 Å². The normalized spacial score (nSPS) is 11.5. The van der Waals surface area contributed by atoms with Crippen LogP contribution < -0.4 is 10.6 Å². The van der Waals surface area contributed by atoms with Crippen LogP contribution in [0.25, 0.3) is 5.69 Å². The molecule has 0 radical (unpaired) electrons. The fourth-order valence-electron chi connectivity index (χ4n) is 2.29. The number of hydrogen-bond acceptors (Lipinski definition) is 3. The molecule has 2 aromatic rings. The SMILES string of the molecule is CN=C(NCCCCSC)NCc1ccccc1-n1ccnc1. The number of benzene rings is 1. The maximum atomic E-state index is 4.28. The molecule has 0 fully saturated rings. The third-order valence-corrected chi connectivity index (χ3v) is 4.21. The van der Waals surface area contributed by atoms with Crippen LogP contribution >= 0.6 is 11.8 Å². The fourth-order valence-corrected chi connectivity index (χ4v) is 2.78. The van der Waals surface area contributed by atoms with E-state index in [2.05, 4.69) is 45.1 Å². The molecule has 0 aliphatic rings. The van der Waals surface area contributed by atoms with Gasteiger partial charge < -0.3 is 15.2 Å². The average molecular weight is 331 g/mol. The van der Waals surface area contributed by atoms with E-state index >= 15 is 0 Å². The molecule has 0 atom stereocenters. The predicted octanol–water partition coefficient (Wildman–Crippen LogP) is 2.68. The van der Waals surface area contributed by atoms with Crippen molar-refractivity contribution in [1.29, 1.82) is 0 Å². The Bertz CT molecular complexity index is 595. The number of imidazole rings is 1. The van der Waals surface area contributed by atoms with Gasteiger partial charge in [-0.3, -0.25) is 4.99 Å². The van der Waals surface area contributed by atoms with Crippen LogP contribution in [0.3, 0.4) is 0 Å². The summed E-state index contributed by atoms with van der Waals surface area (Å²) in [6, 6.07) is 8.30. The summed E-state index contributed by atoms with van der Waals surface area (Å²) in [6.45, 7) is 1.67. The van der Waals surface area contributed by atoms with Crippen molar-refractivity contribution in [3.63, 3.8) is 0 Å². The molecule has 0 bridgehead atoms. The van der Waals surface area contributed by atoms with Crippen LogP contribution in [0.1, 0.15) is 18.4 Å². The molecule has 6 heteroatoms. The lowest BCUT2D eigenvalue weighted by Gasteiger charge is -2.14. The van der Waals surface area contributed by atoms with Crippen LogP contribution in [0.4, 0.5) is 0 Å². The lowest BCUT2D eigenvalue weighted by Crippen LogP contribution is -2.37. The largest absolute Gasteiger partial charge is 0.356 e. The minimum atomic E-state index is 0.721. The fraction of sp³-hybridized carbons (Fsp3) is 0.412. The van der Waals surface area contributed by atoms with Gasteiger partial charge in [0.25, 0.3) is 0 Å². The summed E-state index contributed by atoms with van der Waals surface area (Å²) in [5.74, 6) is 2.06. The second-order valence-corrected chi connectivity index (χ2v) is 6.14. The molecule has 1 heterocycles. The van der Waals surface area contributed by atoms with E-state index in [4.69, 9.17) is 0 Å². The van der Waals surface area contributed by atoms with Gasteiger partial charge in [-0.1, -0.05) is 18.2 Å². The number of nitrogens with zero attached hydrogens (tertiary/aromatic N) is 3. The Morgan fingerprint density at radius 2 is 2.13 bits per heavy atom. The summed E-state index contributed by atoms with van der Waals surface area (Å²) in [7, 11) is 1.80. The molecule has 0 spiro atoms. The summed E-state index contributed by atoms with van der Waals surface area (Å²) in [6.07, 6.45) is 10.1. The van der Waals surface area contributed by atoms with Gasteiger partial charge in [-0.25, -0.2) is 4.98 Å². The zero-order chi connectivity index (χ0) is 16.3. The lowest BCUT2D eigenvalue weighted by molar-refractivity contribution is 0.732. The van der Waals surface area contributed by atoms with Crippen molar-refractivity contribution in [2.24, 2.45) is 4.99 Å². The third-order valence-electron chi connectivity index (χ3n) is 3.51. The number of unbranched alkanes of at least 4 members (excludes halogenated alkanes) is 1. The minimum Gasteiger partial charge on any atom is -0.356 e. The molecule has 0 unspecified atom stereocenters. The van der Waals surface area contributed by atoms with Crippen LogP contribution in [-0.2, 0) is 6.54 Å². The molecule has 0 amide bonds. The second-order valence-electron chi connectivity index (χ2n) is 5.15. The summed E-state index contributed by atoms with van der Waals surface area (Å²) in [5.41, 5.74) is 2.34. The molecule has 0 aliphatic carbocycles. The summed E-state index contributed by atoms with van der Waals surface area (Å²) < 4.78 is 2.02. The first-order chi connectivity index (χ1) is 11.3. The average Bonchev–Trinajstić information content (AvgIpc) is 3.12. The highest BCUT2D eigenvalue weighted by atomic mass is 32.2. The van der Waals surface area contributed by atoms with Crippen LogP contribution in [0.5, 0.6) is 0 Å². The highest BCUT2D eigenvalue weighted by Crippen LogP contribution is 2.13. The third kappa shape index (κ3) is 5.63. The highest BCUT2D eigenvalue weighted by molar-refractivity contribution is 7.98. The molecule has 5 nitrogen and oxygen atoms in total. The standard InChI is InChI=1S/C17H25N5S/c1-18-17(20-9-5-6-12-23-2)21-13-15-7-3-4-8-16(15)22-11-10-19-14-22/h3-4,7-8,10-11,14H,5-6,9,12-13H2,1-2H3,(H2,18,20,21). The molecule has 0 saturated carbocycles. The summed E-state index contributed by atoms with van der Waals surface area (Å²) >= 11 is 1.89. The van der Waals surface area contributed by atoms with Gasteiger partial charge in [0.15, 0.2) is 5.96 Å². The van der Waals surface area contributed by atoms with Crippen LogP contribution in [0, 0.1) is 0 Å². The Balaban J connectivity index is 1.87. The molecule has 2 rings (SSSR count). The second kappa shape index (κ2) is 9.94. The Morgan fingerprint density at radius 1 is 1.26 bits per heavy atom. The van der Waals surface area contributed by atoms with Crippen molar-refractivity contribution in [1.82, 2.24) is 20.2 Å². The molecule has 2 N–H and O–H groups in total. The zero-order valence-electron chi connectivity index (χ0n) is 13.8. The van der Waals surface area contributed by atoms with Crippen molar-refractivity contribution >= 4 is 17.7 Å². The highest BCUT2D eigenvalue weighted by Gasteiger charge is 2.04. The lowest BCUT2D eigenvalue weighted by atomic mass is 10.1.